The van der Waals surface area contributed by atoms with Crippen molar-refractivity contribution < 1.29 is 8.83 Å². The summed E-state index contributed by atoms with van der Waals surface area (Å²) in [6.45, 7) is 18.0. The van der Waals surface area contributed by atoms with E-state index in [-0.39, 0.29) is 10.8 Å². The molecular formula is C60H52N2O2. The molecule has 4 nitrogen and oxygen atoms in total. The first-order valence-corrected chi connectivity index (χ1v) is 22.4. The number of furan rings is 2. The Morgan fingerprint density at radius 3 is 1.11 bits per heavy atom. The maximum Gasteiger partial charge on any atom is 0.178 e. The fourth-order valence-electron chi connectivity index (χ4n) is 9.65. The molecule has 0 saturated heterocycles. The van der Waals surface area contributed by atoms with Crippen LogP contribution in [-0.4, -0.2) is 0 Å². The van der Waals surface area contributed by atoms with Crippen molar-refractivity contribution >= 4 is 99.5 Å². The summed E-state index contributed by atoms with van der Waals surface area (Å²) in [6.07, 6.45) is 0. The standard InChI is InChI=1S/C60H52N2O2/c1-37-17-23-43(24-18-37)61(53-15-11-9-13-51(53)59(3,4)5)45-27-21-39-33-49-47-29-30-48-50-34-40-22-28-46(32-42(40)36-56(50)64-58(48)57(47)63-55(49)35-41(39)31-45)62(44-25-19-38(2)20-26-44)54-16-12-10-14-52(54)60(6,7)8/h9-36H,1-8H3. The molecule has 0 aliphatic carbocycles. The summed E-state index contributed by atoms with van der Waals surface area (Å²) < 4.78 is 13.7. The molecule has 11 rings (SSSR count). The van der Waals surface area contributed by atoms with Crippen LogP contribution in [-0.2, 0) is 10.8 Å². The Hall–Kier alpha value is -7.30. The van der Waals surface area contributed by atoms with Gasteiger partial charge in [-0.3, -0.25) is 0 Å². The molecule has 0 aliphatic heterocycles. The van der Waals surface area contributed by atoms with E-state index in [1.54, 1.807) is 0 Å². The van der Waals surface area contributed by atoms with Crippen molar-refractivity contribution in [2.24, 2.45) is 0 Å². The average Bonchev–Trinajstić information content (AvgIpc) is 3.83. The Balaban J connectivity index is 1.03. The predicted octanol–water partition coefficient (Wildman–Crippen LogP) is 17.9. The van der Waals surface area contributed by atoms with Crippen molar-refractivity contribution in [2.45, 2.75) is 66.2 Å². The highest BCUT2D eigenvalue weighted by molar-refractivity contribution is 6.21. The summed E-state index contributed by atoms with van der Waals surface area (Å²) in [5.41, 5.74) is 15.0. The first-order chi connectivity index (χ1) is 30.8. The molecule has 0 aliphatic rings. The lowest BCUT2D eigenvalue weighted by Crippen LogP contribution is -2.19. The van der Waals surface area contributed by atoms with Crippen LogP contribution in [0.4, 0.5) is 34.1 Å². The molecular weight excluding hydrogens is 781 g/mol. The van der Waals surface area contributed by atoms with Crippen LogP contribution in [0.15, 0.2) is 179 Å². The third-order valence-electron chi connectivity index (χ3n) is 13.0. The molecule has 64 heavy (non-hydrogen) atoms. The molecule has 0 fully saturated rings. The molecule has 4 heteroatoms. The second-order valence-corrected chi connectivity index (χ2v) is 19.7. The normalized spacial score (nSPS) is 12.4. The van der Waals surface area contributed by atoms with E-state index in [1.807, 2.05) is 0 Å². The van der Waals surface area contributed by atoms with Gasteiger partial charge in [0.2, 0.25) is 0 Å². The molecule has 9 aromatic carbocycles. The van der Waals surface area contributed by atoms with Crippen LogP contribution in [0, 0.1) is 13.8 Å². The minimum absolute atomic E-state index is 0.0454. The Morgan fingerprint density at radius 2 is 0.719 bits per heavy atom. The van der Waals surface area contributed by atoms with E-state index in [2.05, 4.69) is 235 Å². The zero-order valence-electron chi connectivity index (χ0n) is 37.9. The number of aryl methyl sites for hydroxylation is 2. The first kappa shape index (κ1) is 39.5. The lowest BCUT2D eigenvalue weighted by molar-refractivity contribution is 0.590. The van der Waals surface area contributed by atoms with Gasteiger partial charge in [-0.05, 0) is 154 Å². The highest BCUT2D eigenvalue weighted by atomic mass is 16.4. The van der Waals surface area contributed by atoms with Crippen LogP contribution in [0.25, 0.3) is 65.4 Å². The van der Waals surface area contributed by atoms with Crippen molar-refractivity contribution in [3.63, 3.8) is 0 Å². The molecule has 0 N–H and O–H groups in total. The number of para-hydroxylation sites is 2. The quantitative estimate of drug-likeness (QED) is 0.167. The van der Waals surface area contributed by atoms with Crippen molar-refractivity contribution in [3.8, 4) is 0 Å². The number of rotatable bonds is 6. The molecule has 0 saturated carbocycles. The summed E-state index contributed by atoms with van der Waals surface area (Å²) in [4.78, 5) is 4.77. The van der Waals surface area contributed by atoms with Crippen LogP contribution < -0.4 is 9.80 Å². The molecule has 2 aromatic heterocycles. The molecule has 0 bridgehead atoms. The number of hydrogen-bond acceptors (Lipinski definition) is 4. The zero-order valence-corrected chi connectivity index (χ0v) is 37.9. The fourth-order valence-corrected chi connectivity index (χ4v) is 9.65. The van der Waals surface area contributed by atoms with Gasteiger partial charge in [0.15, 0.2) is 11.2 Å². The minimum atomic E-state index is -0.0454. The number of anilines is 6. The fraction of sp³-hybridized carbons (Fsp3) is 0.167. The van der Waals surface area contributed by atoms with E-state index in [0.29, 0.717) is 0 Å². The molecule has 0 unspecified atom stereocenters. The smallest absolute Gasteiger partial charge is 0.178 e. The van der Waals surface area contributed by atoms with E-state index in [0.717, 1.165) is 88.2 Å². The zero-order chi connectivity index (χ0) is 44.1. The van der Waals surface area contributed by atoms with Crippen LogP contribution in [0.2, 0.25) is 0 Å². The molecule has 11 aromatic rings. The molecule has 0 spiro atoms. The number of nitrogens with zero attached hydrogens (tertiary/aromatic N) is 2. The summed E-state index contributed by atoms with van der Waals surface area (Å²) in [7, 11) is 0. The monoisotopic (exact) mass is 832 g/mol. The van der Waals surface area contributed by atoms with Gasteiger partial charge in [-0.15, -0.1) is 0 Å². The van der Waals surface area contributed by atoms with Gasteiger partial charge in [0.25, 0.3) is 0 Å². The topological polar surface area (TPSA) is 32.8 Å². The van der Waals surface area contributed by atoms with Crippen LogP contribution in [0.5, 0.6) is 0 Å². The molecule has 2 heterocycles. The lowest BCUT2D eigenvalue weighted by Gasteiger charge is -2.32. The van der Waals surface area contributed by atoms with E-state index in [1.165, 1.54) is 33.6 Å². The Labute approximate surface area is 375 Å². The van der Waals surface area contributed by atoms with Crippen molar-refractivity contribution in [3.05, 3.63) is 192 Å². The number of fused-ring (bicyclic) bond motifs is 9. The largest absolute Gasteiger partial charge is 0.452 e. The third-order valence-corrected chi connectivity index (χ3v) is 13.0. The van der Waals surface area contributed by atoms with Crippen LogP contribution in [0.1, 0.15) is 63.8 Å². The van der Waals surface area contributed by atoms with Crippen LogP contribution in [0.3, 0.4) is 0 Å². The predicted molar refractivity (Wildman–Crippen MR) is 272 cm³/mol. The molecule has 0 amide bonds. The van der Waals surface area contributed by atoms with E-state index in [9.17, 15) is 0 Å². The summed E-state index contributed by atoms with van der Waals surface area (Å²) >= 11 is 0. The van der Waals surface area contributed by atoms with Gasteiger partial charge in [0.1, 0.15) is 11.2 Å². The minimum Gasteiger partial charge on any atom is -0.452 e. The molecule has 314 valence electrons. The van der Waals surface area contributed by atoms with E-state index in [4.69, 9.17) is 8.83 Å². The molecule has 0 atom stereocenters. The molecule has 0 radical (unpaired) electrons. The van der Waals surface area contributed by atoms with Gasteiger partial charge < -0.3 is 18.6 Å². The van der Waals surface area contributed by atoms with Crippen molar-refractivity contribution in [1.29, 1.82) is 0 Å². The Morgan fingerprint density at radius 1 is 0.344 bits per heavy atom. The summed E-state index contributed by atoms with van der Waals surface area (Å²) in [5.74, 6) is 0. The van der Waals surface area contributed by atoms with Gasteiger partial charge in [0.05, 0.1) is 0 Å². The SMILES string of the molecule is Cc1ccc(N(c2ccc3cc4c(cc3c2)oc2c4ccc3c4cc5ccc(N(c6ccc(C)cc6)c6ccccc6C(C)(C)C)cc5cc4oc32)c2ccccc2C(C)(C)C)cc1. The van der Waals surface area contributed by atoms with E-state index >= 15 is 0 Å². The highest BCUT2D eigenvalue weighted by Gasteiger charge is 2.26. The van der Waals surface area contributed by atoms with Crippen molar-refractivity contribution in [2.75, 3.05) is 9.80 Å². The Kier molecular flexibility index (Phi) is 9.04. The second-order valence-electron chi connectivity index (χ2n) is 19.7. The third kappa shape index (κ3) is 6.68. The number of benzene rings is 9. The second kappa shape index (κ2) is 14.6. The summed E-state index contributed by atoms with van der Waals surface area (Å²) in [6, 6.07) is 62.0. The summed E-state index contributed by atoms with van der Waals surface area (Å²) in [5, 5.41) is 8.79. The Bertz CT molecular complexity index is 3350. The van der Waals surface area contributed by atoms with Gasteiger partial charge in [-0.25, -0.2) is 0 Å². The van der Waals surface area contributed by atoms with Gasteiger partial charge in [0, 0.05) is 55.7 Å². The van der Waals surface area contributed by atoms with Gasteiger partial charge >= 0.3 is 0 Å². The van der Waals surface area contributed by atoms with Crippen LogP contribution >= 0.6 is 0 Å². The maximum atomic E-state index is 6.83. The number of hydrogen-bond donors (Lipinski definition) is 0. The van der Waals surface area contributed by atoms with Crippen molar-refractivity contribution in [1.82, 2.24) is 0 Å². The van der Waals surface area contributed by atoms with E-state index < -0.39 is 0 Å². The highest BCUT2D eigenvalue weighted by Crippen LogP contribution is 2.46. The average molecular weight is 833 g/mol. The lowest BCUT2D eigenvalue weighted by atomic mass is 9.85. The first-order valence-electron chi connectivity index (χ1n) is 22.4. The van der Waals surface area contributed by atoms with Gasteiger partial charge in [-0.1, -0.05) is 125 Å². The van der Waals surface area contributed by atoms with Gasteiger partial charge in [-0.2, -0.15) is 0 Å². The maximum absolute atomic E-state index is 6.83.